The van der Waals surface area contributed by atoms with Gasteiger partial charge >= 0.3 is 0 Å². The van der Waals surface area contributed by atoms with Crippen LogP contribution in [-0.4, -0.2) is 108 Å². The number of hydrogen-bond acceptors (Lipinski definition) is 7. The van der Waals surface area contributed by atoms with Gasteiger partial charge in [0.1, 0.15) is 11.6 Å². The lowest BCUT2D eigenvalue weighted by Gasteiger charge is -2.34. The van der Waals surface area contributed by atoms with E-state index in [1.807, 2.05) is 30.3 Å². The van der Waals surface area contributed by atoms with Crippen LogP contribution in [0.3, 0.4) is 0 Å². The van der Waals surface area contributed by atoms with Crippen LogP contribution in [-0.2, 0) is 30.4 Å². The Hall–Kier alpha value is -2.05. The molecule has 0 aromatic heterocycles. The van der Waals surface area contributed by atoms with Crippen molar-refractivity contribution >= 4 is 33.7 Å². The fraction of sp³-hybridized carbons (Fsp3) is 0.667. The predicted molar refractivity (Wildman–Crippen MR) is 142 cm³/mol. The second-order valence-electron chi connectivity index (χ2n) is 10.6. The van der Waals surface area contributed by atoms with Crippen molar-refractivity contribution in [2.45, 2.75) is 48.4 Å². The lowest BCUT2D eigenvalue weighted by molar-refractivity contribution is -0.142. The van der Waals surface area contributed by atoms with Crippen molar-refractivity contribution in [3.8, 4) is 0 Å². The minimum atomic E-state index is -1.06. The van der Waals surface area contributed by atoms with Gasteiger partial charge in [-0.25, -0.2) is 0 Å². The Labute approximate surface area is 231 Å². The number of carbonyl (C=O) groups excluding carboxylic acids is 3. The average molecular weight is 594 g/mol. The van der Waals surface area contributed by atoms with Crippen molar-refractivity contribution in [3.05, 3.63) is 35.9 Å². The normalized spacial score (nSPS) is 32.4. The summed E-state index contributed by atoms with van der Waals surface area (Å²) in [4.78, 5) is 44.8. The number of alkyl halides is 1. The van der Waals surface area contributed by atoms with Crippen LogP contribution in [0, 0.1) is 11.8 Å². The van der Waals surface area contributed by atoms with Crippen molar-refractivity contribution in [2.24, 2.45) is 11.8 Å². The Balaban J connectivity index is 1.33. The Morgan fingerprint density at radius 1 is 1.08 bits per heavy atom. The van der Waals surface area contributed by atoms with E-state index in [9.17, 15) is 19.5 Å². The largest absolute Gasteiger partial charge is 0.396 e. The Morgan fingerprint density at radius 3 is 2.58 bits per heavy atom. The number of fused-ring (bicyclic) bond motifs is 1. The number of aliphatic hydroxyl groups is 1. The number of nitrogens with one attached hydrogen (secondary N) is 2. The number of nitrogens with zero attached hydrogens (tertiary/aromatic N) is 2. The first-order valence-electron chi connectivity index (χ1n) is 13.6. The molecule has 0 saturated carbocycles. The Bertz CT molecular complexity index is 1010. The van der Waals surface area contributed by atoms with E-state index < -0.39 is 29.6 Å². The second-order valence-corrected chi connectivity index (χ2v) is 11.8. The SMILES string of the molecule is O=C(NCCN1CCOCC1)C1N(CCCCO)C(=O)[C@@H]2[C@@H](C(=O)NCc3ccccc3)[C@@H]3OC12CC3Br. The van der Waals surface area contributed by atoms with Gasteiger partial charge in [-0.15, -0.1) is 0 Å². The maximum Gasteiger partial charge on any atom is 0.245 e. The van der Waals surface area contributed by atoms with Gasteiger partial charge in [0.25, 0.3) is 0 Å². The van der Waals surface area contributed by atoms with Gasteiger partial charge in [-0.1, -0.05) is 46.3 Å². The second kappa shape index (κ2) is 12.0. The average Bonchev–Trinajstić information content (AvgIpc) is 3.52. The lowest BCUT2D eigenvalue weighted by Crippen LogP contribution is -2.56. The van der Waals surface area contributed by atoms with Crippen LogP contribution in [0.4, 0.5) is 0 Å². The molecule has 4 aliphatic rings. The predicted octanol–water partition coefficient (Wildman–Crippen LogP) is 0.272. The number of hydrogen-bond donors (Lipinski definition) is 3. The first kappa shape index (κ1) is 27.5. The first-order valence-corrected chi connectivity index (χ1v) is 14.5. The highest BCUT2D eigenvalue weighted by molar-refractivity contribution is 9.09. The number of amides is 3. The number of halogens is 1. The van der Waals surface area contributed by atoms with Gasteiger partial charge in [0.15, 0.2) is 0 Å². The van der Waals surface area contributed by atoms with Crippen LogP contribution in [0.5, 0.6) is 0 Å². The van der Waals surface area contributed by atoms with Crippen LogP contribution in [0.15, 0.2) is 30.3 Å². The molecule has 2 bridgehead atoms. The molecule has 1 aromatic carbocycles. The summed E-state index contributed by atoms with van der Waals surface area (Å²) in [6.07, 6.45) is 1.09. The van der Waals surface area contributed by atoms with E-state index in [-0.39, 0.29) is 29.2 Å². The molecule has 0 aliphatic carbocycles. The summed E-state index contributed by atoms with van der Waals surface area (Å²) >= 11 is 3.70. The molecule has 3 amide bonds. The molecule has 5 rings (SSSR count). The molecular weight excluding hydrogens is 556 g/mol. The maximum atomic E-state index is 13.9. The van der Waals surface area contributed by atoms with E-state index in [1.165, 1.54) is 0 Å². The molecule has 4 heterocycles. The molecule has 1 aromatic rings. The third-order valence-electron chi connectivity index (χ3n) is 8.29. The van der Waals surface area contributed by atoms with Crippen molar-refractivity contribution in [3.63, 3.8) is 0 Å². The molecule has 4 fully saturated rings. The summed E-state index contributed by atoms with van der Waals surface area (Å²) in [5.74, 6) is -2.09. The third-order valence-corrected chi connectivity index (χ3v) is 9.13. The van der Waals surface area contributed by atoms with Crippen LogP contribution >= 0.6 is 15.9 Å². The van der Waals surface area contributed by atoms with Gasteiger partial charge in [-0.3, -0.25) is 19.3 Å². The van der Waals surface area contributed by atoms with E-state index >= 15 is 0 Å². The standard InChI is InChI=1S/C27H37BrN4O6/c28-19-16-27-21(20(22(19)38-27)24(34)30-17-18-6-2-1-3-7-18)26(36)32(9-4-5-13-33)23(27)25(35)29-8-10-31-11-14-37-15-12-31/h1-3,6-7,19-23,33H,4-5,8-17H2,(H,29,35)(H,30,34)/t19?,20-,21+,22-,23?,27?/m1/s1. The van der Waals surface area contributed by atoms with Gasteiger partial charge in [-0.05, 0) is 24.8 Å². The molecule has 4 aliphatic heterocycles. The number of unbranched alkanes of at least 4 members (excludes halogenated alkanes) is 1. The van der Waals surface area contributed by atoms with Crippen LogP contribution in [0.25, 0.3) is 0 Å². The maximum absolute atomic E-state index is 13.9. The summed E-state index contributed by atoms with van der Waals surface area (Å²) in [5, 5.41) is 15.4. The summed E-state index contributed by atoms with van der Waals surface area (Å²) in [6, 6.07) is 8.81. The third kappa shape index (κ3) is 5.23. The number of ether oxygens (including phenoxy) is 2. The highest BCUT2D eigenvalue weighted by Crippen LogP contribution is 2.60. The molecule has 38 heavy (non-hydrogen) atoms. The van der Waals surface area contributed by atoms with E-state index in [1.54, 1.807) is 4.90 Å². The van der Waals surface area contributed by atoms with Gasteiger partial charge in [0.2, 0.25) is 17.7 Å². The molecule has 4 saturated heterocycles. The summed E-state index contributed by atoms with van der Waals surface area (Å²) in [7, 11) is 0. The van der Waals surface area contributed by atoms with Crippen molar-refractivity contribution in [1.29, 1.82) is 0 Å². The van der Waals surface area contributed by atoms with E-state index in [0.717, 1.165) is 18.7 Å². The number of likely N-dealkylation sites (tertiary alicyclic amines) is 1. The molecule has 3 unspecified atom stereocenters. The summed E-state index contributed by atoms with van der Waals surface area (Å²) in [6.45, 7) is 4.88. The van der Waals surface area contributed by atoms with Gasteiger partial charge in [0, 0.05) is 50.7 Å². The monoisotopic (exact) mass is 592 g/mol. The van der Waals surface area contributed by atoms with Crippen molar-refractivity contribution < 1.29 is 29.0 Å². The van der Waals surface area contributed by atoms with Crippen molar-refractivity contribution in [1.82, 2.24) is 20.4 Å². The fourth-order valence-electron chi connectivity index (χ4n) is 6.53. The van der Waals surface area contributed by atoms with Gasteiger partial charge < -0.3 is 30.1 Å². The van der Waals surface area contributed by atoms with E-state index in [0.29, 0.717) is 58.7 Å². The topological polar surface area (TPSA) is 120 Å². The Morgan fingerprint density at radius 2 is 1.84 bits per heavy atom. The molecule has 11 heteroatoms. The van der Waals surface area contributed by atoms with Crippen LogP contribution in [0.2, 0.25) is 0 Å². The quantitative estimate of drug-likeness (QED) is 0.249. The van der Waals surface area contributed by atoms with Crippen molar-refractivity contribution in [2.75, 3.05) is 52.5 Å². The summed E-state index contributed by atoms with van der Waals surface area (Å²) in [5.41, 5.74) is -0.0941. The molecule has 6 atom stereocenters. The number of aliphatic hydroxyl groups excluding tert-OH is 1. The molecule has 3 N–H and O–H groups in total. The Kier molecular flexibility index (Phi) is 8.69. The molecule has 10 nitrogen and oxygen atoms in total. The molecule has 0 radical (unpaired) electrons. The number of morpholine rings is 1. The fourth-order valence-corrected chi connectivity index (χ4v) is 7.47. The summed E-state index contributed by atoms with van der Waals surface area (Å²) < 4.78 is 11.9. The number of rotatable bonds is 11. The minimum Gasteiger partial charge on any atom is -0.396 e. The zero-order chi connectivity index (χ0) is 26.7. The number of benzene rings is 1. The molecular formula is C27H37BrN4O6. The van der Waals surface area contributed by atoms with E-state index in [4.69, 9.17) is 9.47 Å². The first-order chi connectivity index (χ1) is 18.5. The lowest BCUT2D eigenvalue weighted by atomic mass is 9.70. The molecule has 1 spiro atoms. The van der Waals surface area contributed by atoms with E-state index in [2.05, 4.69) is 31.5 Å². The van der Waals surface area contributed by atoms with Gasteiger partial charge in [0.05, 0.1) is 31.2 Å². The molecule has 208 valence electrons. The zero-order valence-electron chi connectivity index (χ0n) is 21.5. The van der Waals surface area contributed by atoms with Crippen LogP contribution < -0.4 is 10.6 Å². The minimum absolute atomic E-state index is 0.0135. The highest BCUT2D eigenvalue weighted by Gasteiger charge is 2.76. The number of carbonyl (C=O) groups is 3. The zero-order valence-corrected chi connectivity index (χ0v) is 23.1. The van der Waals surface area contributed by atoms with Gasteiger partial charge in [-0.2, -0.15) is 0 Å². The highest BCUT2D eigenvalue weighted by atomic mass is 79.9. The smallest absolute Gasteiger partial charge is 0.245 e. The van der Waals surface area contributed by atoms with Crippen LogP contribution in [0.1, 0.15) is 24.8 Å².